The van der Waals surface area contributed by atoms with Crippen LogP contribution < -0.4 is 22.1 Å². The van der Waals surface area contributed by atoms with Crippen molar-refractivity contribution < 1.29 is 9.59 Å². The van der Waals surface area contributed by atoms with Gasteiger partial charge in [0, 0.05) is 11.7 Å². The molecule has 2 unspecified atom stereocenters. The van der Waals surface area contributed by atoms with Gasteiger partial charge in [-0.15, -0.1) is 0 Å². The molecule has 1 aromatic carbocycles. The highest BCUT2D eigenvalue weighted by Crippen LogP contribution is 2.17. The van der Waals surface area contributed by atoms with E-state index in [1.54, 1.807) is 12.1 Å². The minimum Gasteiger partial charge on any atom is -0.368 e. The maximum Gasteiger partial charge on any atom is 0.316 e. The van der Waals surface area contributed by atoms with E-state index in [1.165, 1.54) is 0 Å². The molecule has 3 amide bonds. The molecule has 0 spiro atoms. The zero-order valence-electron chi connectivity index (χ0n) is 12.0. The molecule has 6 heteroatoms. The lowest BCUT2D eigenvalue weighted by Crippen LogP contribution is -2.45. The van der Waals surface area contributed by atoms with E-state index < -0.39 is 6.03 Å². The predicted molar refractivity (Wildman–Crippen MR) is 79.0 cm³/mol. The molecular formula is C14H22N4O2. The van der Waals surface area contributed by atoms with E-state index in [2.05, 4.69) is 10.6 Å². The molecule has 0 aliphatic carbocycles. The van der Waals surface area contributed by atoms with Gasteiger partial charge in [0.2, 0.25) is 5.91 Å². The smallest absolute Gasteiger partial charge is 0.316 e. The van der Waals surface area contributed by atoms with Gasteiger partial charge in [0.05, 0.1) is 6.04 Å². The van der Waals surface area contributed by atoms with Crippen LogP contribution in [0.2, 0.25) is 0 Å². The lowest BCUT2D eigenvalue weighted by molar-refractivity contribution is -0.121. The summed E-state index contributed by atoms with van der Waals surface area (Å²) in [5.74, 6) is -0.246. The quantitative estimate of drug-likeness (QED) is 0.630. The summed E-state index contributed by atoms with van der Waals surface area (Å²) in [5.41, 5.74) is 12.0. The van der Waals surface area contributed by atoms with Crippen LogP contribution in [0.4, 0.5) is 10.5 Å². The normalized spacial score (nSPS) is 13.8. The Kier molecular flexibility index (Phi) is 5.52. The predicted octanol–water partition coefficient (Wildman–Crippen LogP) is 1.34. The number of hydrogen-bond acceptors (Lipinski definition) is 3. The monoisotopic (exact) mass is 278 g/mol. The first-order valence-corrected chi connectivity index (χ1v) is 6.53. The van der Waals surface area contributed by atoms with E-state index in [4.69, 9.17) is 11.5 Å². The van der Waals surface area contributed by atoms with Gasteiger partial charge in [-0.25, -0.2) is 4.79 Å². The van der Waals surface area contributed by atoms with Crippen LogP contribution in [0.1, 0.15) is 32.4 Å². The number of carbonyl (C=O) groups is 2. The molecule has 1 aromatic rings. The van der Waals surface area contributed by atoms with E-state index in [0.29, 0.717) is 5.69 Å². The SMILES string of the molecule is CC(NC(C(N)=O)C(C)C)c1ccc(NC(N)=O)cc1. The van der Waals surface area contributed by atoms with Gasteiger partial charge in [-0.2, -0.15) is 0 Å². The molecule has 0 heterocycles. The number of nitrogens with one attached hydrogen (secondary N) is 2. The number of anilines is 1. The highest BCUT2D eigenvalue weighted by Gasteiger charge is 2.21. The minimum atomic E-state index is -0.600. The van der Waals surface area contributed by atoms with Crippen LogP contribution in [0.5, 0.6) is 0 Å². The summed E-state index contributed by atoms with van der Waals surface area (Å²) in [6, 6.07) is 6.23. The molecule has 6 nitrogen and oxygen atoms in total. The van der Waals surface area contributed by atoms with Crippen molar-refractivity contribution in [1.82, 2.24) is 5.32 Å². The van der Waals surface area contributed by atoms with Crippen molar-refractivity contribution in [2.24, 2.45) is 17.4 Å². The molecule has 0 aromatic heterocycles. The zero-order chi connectivity index (χ0) is 15.3. The Morgan fingerprint density at radius 2 is 1.60 bits per heavy atom. The number of amides is 3. The van der Waals surface area contributed by atoms with Gasteiger partial charge in [0.1, 0.15) is 0 Å². The fourth-order valence-corrected chi connectivity index (χ4v) is 1.97. The second kappa shape index (κ2) is 6.91. The zero-order valence-corrected chi connectivity index (χ0v) is 12.0. The van der Waals surface area contributed by atoms with Crippen molar-refractivity contribution >= 4 is 17.6 Å². The van der Waals surface area contributed by atoms with Crippen LogP contribution in [0.25, 0.3) is 0 Å². The van der Waals surface area contributed by atoms with E-state index in [-0.39, 0.29) is 23.9 Å². The molecule has 0 aliphatic heterocycles. The van der Waals surface area contributed by atoms with Crippen molar-refractivity contribution in [2.45, 2.75) is 32.9 Å². The Balaban J connectivity index is 2.74. The van der Waals surface area contributed by atoms with Gasteiger partial charge in [-0.3, -0.25) is 10.1 Å². The van der Waals surface area contributed by atoms with Gasteiger partial charge in [-0.1, -0.05) is 26.0 Å². The molecule has 110 valence electrons. The Bertz CT molecular complexity index is 471. The second-order valence-electron chi connectivity index (χ2n) is 5.12. The molecule has 0 aliphatic rings. The van der Waals surface area contributed by atoms with E-state index in [1.807, 2.05) is 32.9 Å². The number of nitrogens with two attached hydrogens (primary N) is 2. The topological polar surface area (TPSA) is 110 Å². The first-order chi connectivity index (χ1) is 9.31. The fraction of sp³-hybridized carbons (Fsp3) is 0.429. The molecule has 2 atom stereocenters. The third-order valence-electron chi connectivity index (χ3n) is 3.08. The van der Waals surface area contributed by atoms with Gasteiger partial charge in [0.15, 0.2) is 0 Å². The molecule has 0 fully saturated rings. The number of urea groups is 1. The van der Waals surface area contributed by atoms with Crippen molar-refractivity contribution in [1.29, 1.82) is 0 Å². The summed E-state index contributed by atoms with van der Waals surface area (Å²) in [5, 5.41) is 5.70. The molecule has 0 bridgehead atoms. The summed E-state index contributed by atoms with van der Waals surface area (Å²) in [6.45, 7) is 5.83. The maximum atomic E-state index is 11.4. The van der Waals surface area contributed by atoms with Crippen LogP contribution in [-0.4, -0.2) is 18.0 Å². The Labute approximate surface area is 118 Å². The van der Waals surface area contributed by atoms with Gasteiger partial charge < -0.3 is 16.8 Å². The maximum absolute atomic E-state index is 11.4. The lowest BCUT2D eigenvalue weighted by Gasteiger charge is -2.24. The highest BCUT2D eigenvalue weighted by molar-refractivity contribution is 5.87. The third kappa shape index (κ3) is 4.55. The summed E-state index contributed by atoms with van der Waals surface area (Å²) in [7, 11) is 0. The standard InChI is InChI=1S/C14H22N4O2/c1-8(2)12(13(15)19)17-9(3)10-4-6-11(7-5-10)18-14(16)20/h4-9,12,17H,1-3H3,(H2,15,19)(H3,16,18,20). The average molecular weight is 278 g/mol. The third-order valence-corrected chi connectivity index (χ3v) is 3.08. The summed E-state index contributed by atoms with van der Waals surface area (Å²) >= 11 is 0. The number of benzene rings is 1. The summed E-state index contributed by atoms with van der Waals surface area (Å²) < 4.78 is 0. The molecule has 0 saturated carbocycles. The first-order valence-electron chi connectivity index (χ1n) is 6.53. The molecule has 20 heavy (non-hydrogen) atoms. The minimum absolute atomic E-state index is 0.0301. The molecule has 0 radical (unpaired) electrons. The molecule has 6 N–H and O–H groups in total. The Morgan fingerprint density at radius 1 is 1.05 bits per heavy atom. The van der Waals surface area contributed by atoms with Crippen molar-refractivity contribution in [3.8, 4) is 0 Å². The largest absolute Gasteiger partial charge is 0.368 e. The number of hydrogen-bond donors (Lipinski definition) is 4. The fourth-order valence-electron chi connectivity index (χ4n) is 1.97. The van der Waals surface area contributed by atoms with Crippen LogP contribution >= 0.6 is 0 Å². The van der Waals surface area contributed by atoms with Crippen molar-refractivity contribution in [3.63, 3.8) is 0 Å². The molecule has 0 saturated heterocycles. The lowest BCUT2D eigenvalue weighted by atomic mass is 10.0. The second-order valence-corrected chi connectivity index (χ2v) is 5.12. The number of rotatable bonds is 6. The molecular weight excluding hydrogens is 256 g/mol. The number of carbonyl (C=O) groups excluding carboxylic acids is 2. The van der Waals surface area contributed by atoms with Crippen LogP contribution in [0.15, 0.2) is 24.3 Å². The highest BCUT2D eigenvalue weighted by atomic mass is 16.2. The summed E-state index contributed by atoms with van der Waals surface area (Å²) in [6.07, 6.45) is 0. The van der Waals surface area contributed by atoms with Crippen molar-refractivity contribution in [3.05, 3.63) is 29.8 Å². The number of primary amides is 2. The van der Waals surface area contributed by atoms with Crippen molar-refractivity contribution in [2.75, 3.05) is 5.32 Å². The summed E-state index contributed by atoms with van der Waals surface area (Å²) in [4.78, 5) is 22.1. The average Bonchev–Trinajstić information content (AvgIpc) is 2.35. The van der Waals surface area contributed by atoms with Gasteiger partial charge in [0.25, 0.3) is 0 Å². The first kappa shape index (κ1) is 16.0. The van der Waals surface area contributed by atoms with Gasteiger partial charge >= 0.3 is 6.03 Å². The van der Waals surface area contributed by atoms with Crippen LogP contribution in [-0.2, 0) is 4.79 Å². The molecule has 1 rings (SSSR count). The van der Waals surface area contributed by atoms with Crippen LogP contribution in [0, 0.1) is 5.92 Å². The van der Waals surface area contributed by atoms with E-state index >= 15 is 0 Å². The van der Waals surface area contributed by atoms with Gasteiger partial charge in [-0.05, 0) is 30.5 Å². The van der Waals surface area contributed by atoms with E-state index in [9.17, 15) is 9.59 Å². The van der Waals surface area contributed by atoms with E-state index in [0.717, 1.165) is 5.56 Å². The Hall–Kier alpha value is -2.08. The Morgan fingerprint density at radius 3 is 2.00 bits per heavy atom. The van der Waals surface area contributed by atoms with Crippen LogP contribution in [0.3, 0.4) is 0 Å².